The first-order chi connectivity index (χ1) is 9.53. The number of thiophene rings is 2. The molecule has 0 aliphatic heterocycles. The van der Waals surface area contributed by atoms with E-state index in [2.05, 4.69) is 10.0 Å². The number of sulfonamides is 1. The topological polar surface area (TPSA) is 58.2 Å². The summed E-state index contributed by atoms with van der Waals surface area (Å²) in [6.45, 7) is 5.76. The Kier molecular flexibility index (Phi) is 5.34. The molecule has 0 fully saturated rings. The maximum absolute atomic E-state index is 12.3. The molecule has 0 unspecified atom stereocenters. The van der Waals surface area contributed by atoms with Crippen molar-refractivity contribution >= 4 is 32.7 Å². The van der Waals surface area contributed by atoms with Gasteiger partial charge in [0.25, 0.3) is 0 Å². The highest BCUT2D eigenvalue weighted by atomic mass is 32.2. The van der Waals surface area contributed by atoms with Gasteiger partial charge in [-0.05, 0) is 37.0 Å². The summed E-state index contributed by atoms with van der Waals surface area (Å²) in [6, 6.07) is 5.62. The largest absolute Gasteiger partial charge is 0.312 e. The molecule has 0 aliphatic rings. The van der Waals surface area contributed by atoms with Crippen molar-refractivity contribution in [3.8, 4) is 0 Å². The van der Waals surface area contributed by atoms with Crippen LogP contribution in [0.3, 0.4) is 0 Å². The number of nitrogens with one attached hydrogen (secondary N) is 2. The van der Waals surface area contributed by atoms with Gasteiger partial charge in [0.15, 0.2) is 0 Å². The molecule has 0 aliphatic carbocycles. The normalized spacial score (nSPS) is 11.9. The second kappa shape index (κ2) is 6.82. The van der Waals surface area contributed by atoms with E-state index >= 15 is 0 Å². The van der Waals surface area contributed by atoms with E-state index in [-0.39, 0.29) is 0 Å². The first-order valence-electron chi connectivity index (χ1n) is 6.35. The quantitative estimate of drug-likeness (QED) is 0.821. The molecule has 2 aromatic heterocycles. The summed E-state index contributed by atoms with van der Waals surface area (Å²) in [5.41, 5.74) is 0. The van der Waals surface area contributed by atoms with Crippen LogP contribution >= 0.6 is 22.7 Å². The van der Waals surface area contributed by atoms with Crippen molar-refractivity contribution in [3.63, 3.8) is 0 Å². The smallest absolute Gasteiger partial charge is 0.242 e. The lowest BCUT2D eigenvalue weighted by molar-refractivity contribution is 0.580. The zero-order chi connectivity index (χ0) is 14.6. The van der Waals surface area contributed by atoms with Gasteiger partial charge in [-0.15, -0.1) is 22.7 Å². The number of hydrogen-bond acceptors (Lipinski definition) is 5. The Morgan fingerprint density at radius 2 is 2.00 bits per heavy atom. The Bertz CT molecular complexity index is 659. The minimum absolute atomic E-state index is 0.345. The maximum atomic E-state index is 12.3. The van der Waals surface area contributed by atoms with Crippen LogP contribution in [0.1, 0.15) is 21.6 Å². The molecule has 0 aromatic carbocycles. The molecule has 2 rings (SSSR count). The number of hydrogen-bond donors (Lipinski definition) is 2. The SMILES string of the molecule is CCNCc1sccc1S(=O)(=O)NCc1ccc(C)s1. The second-order valence-electron chi connectivity index (χ2n) is 4.33. The van der Waals surface area contributed by atoms with Crippen molar-refractivity contribution < 1.29 is 8.42 Å². The predicted molar refractivity (Wildman–Crippen MR) is 84.8 cm³/mol. The van der Waals surface area contributed by atoms with E-state index in [4.69, 9.17) is 0 Å². The lowest BCUT2D eigenvalue weighted by Gasteiger charge is -2.07. The van der Waals surface area contributed by atoms with E-state index in [1.165, 1.54) is 16.2 Å². The summed E-state index contributed by atoms with van der Waals surface area (Å²) >= 11 is 3.07. The molecule has 110 valence electrons. The van der Waals surface area contributed by atoms with Crippen LogP contribution in [0.15, 0.2) is 28.5 Å². The lowest BCUT2D eigenvalue weighted by atomic mass is 10.4. The third-order valence-corrected chi connectivity index (χ3v) is 6.30. The van der Waals surface area contributed by atoms with Gasteiger partial charge in [-0.1, -0.05) is 6.92 Å². The fourth-order valence-electron chi connectivity index (χ4n) is 1.76. The molecule has 0 bridgehead atoms. The Labute approximate surface area is 127 Å². The monoisotopic (exact) mass is 330 g/mol. The van der Waals surface area contributed by atoms with Gasteiger partial charge >= 0.3 is 0 Å². The van der Waals surface area contributed by atoms with Gasteiger partial charge in [0, 0.05) is 27.7 Å². The van der Waals surface area contributed by atoms with E-state index in [1.807, 2.05) is 31.4 Å². The highest BCUT2D eigenvalue weighted by Gasteiger charge is 2.19. The number of aryl methyl sites for hydroxylation is 1. The molecule has 2 heterocycles. The zero-order valence-corrected chi connectivity index (χ0v) is 13.9. The minimum atomic E-state index is -3.44. The van der Waals surface area contributed by atoms with Crippen molar-refractivity contribution in [1.29, 1.82) is 0 Å². The molecule has 0 atom stereocenters. The van der Waals surface area contributed by atoms with Gasteiger partial charge in [0.1, 0.15) is 0 Å². The summed E-state index contributed by atoms with van der Waals surface area (Å²) in [5.74, 6) is 0. The Balaban J connectivity index is 2.08. The highest BCUT2D eigenvalue weighted by molar-refractivity contribution is 7.89. The molecule has 4 nitrogen and oxygen atoms in total. The fraction of sp³-hybridized carbons (Fsp3) is 0.385. The van der Waals surface area contributed by atoms with Crippen LogP contribution in [0.5, 0.6) is 0 Å². The molecule has 0 amide bonds. The summed E-state index contributed by atoms with van der Waals surface area (Å²) in [5, 5.41) is 4.98. The van der Waals surface area contributed by atoms with Gasteiger partial charge in [-0.25, -0.2) is 13.1 Å². The average molecular weight is 330 g/mol. The second-order valence-corrected chi connectivity index (χ2v) is 8.43. The number of rotatable bonds is 7. The van der Waals surface area contributed by atoms with Gasteiger partial charge in [0.05, 0.1) is 4.90 Å². The first kappa shape index (κ1) is 15.7. The lowest BCUT2D eigenvalue weighted by Crippen LogP contribution is -2.24. The van der Waals surface area contributed by atoms with Crippen LogP contribution in [0.4, 0.5) is 0 Å². The van der Waals surface area contributed by atoms with Crippen LogP contribution in [0.25, 0.3) is 0 Å². The Morgan fingerprint density at radius 1 is 1.20 bits per heavy atom. The van der Waals surface area contributed by atoms with Crippen molar-refractivity contribution in [1.82, 2.24) is 10.0 Å². The molecule has 2 aromatic rings. The molecule has 0 spiro atoms. The third-order valence-electron chi connectivity index (χ3n) is 2.76. The van der Waals surface area contributed by atoms with Crippen molar-refractivity contribution in [3.05, 3.63) is 38.2 Å². The molecular weight excluding hydrogens is 312 g/mol. The van der Waals surface area contributed by atoms with Crippen molar-refractivity contribution in [2.24, 2.45) is 0 Å². The summed E-state index contributed by atoms with van der Waals surface area (Å²) in [6.07, 6.45) is 0. The molecule has 2 N–H and O–H groups in total. The van der Waals surface area contributed by atoms with Gasteiger partial charge in [0.2, 0.25) is 10.0 Å². The minimum Gasteiger partial charge on any atom is -0.312 e. The van der Waals surface area contributed by atoms with E-state index in [9.17, 15) is 8.42 Å². The standard InChI is InChI=1S/C13H18N2O2S3/c1-3-14-9-12-13(6-7-18-12)20(16,17)15-8-11-5-4-10(2)19-11/h4-7,14-15H,3,8-9H2,1-2H3. The average Bonchev–Trinajstić information content (AvgIpc) is 3.03. The maximum Gasteiger partial charge on any atom is 0.242 e. The van der Waals surface area contributed by atoms with Gasteiger partial charge < -0.3 is 5.32 Å². The molecule has 7 heteroatoms. The van der Waals surface area contributed by atoms with Crippen LogP contribution in [-0.4, -0.2) is 15.0 Å². The molecule has 0 radical (unpaired) electrons. The van der Waals surface area contributed by atoms with Gasteiger partial charge in [-0.3, -0.25) is 0 Å². The third kappa shape index (κ3) is 3.89. The summed E-state index contributed by atoms with van der Waals surface area (Å²) in [4.78, 5) is 3.44. The van der Waals surface area contributed by atoms with E-state index < -0.39 is 10.0 Å². The van der Waals surface area contributed by atoms with E-state index in [1.54, 1.807) is 17.4 Å². The zero-order valence-electron chi connectivity index (χ0n) is 11.5. The van der Waals surface area contributed by atoms with Gasteiger partial charge in [-0.2, -0.15) is 0 Å². The van der Waals surface area contributed by atoms with Crippen molar-refractivity contribution in [2.45, 2.75) is 31.8 Å². The fourth-order valence-corrected chi connectivity index (χ4v) is 5.10. The summed E-state index contributed by atoms with van der Waals surface area (Å²) < 4.78 is 27.3. The van der Waals surface area contributed by atoms with Crippen LogP contribution in [-0.2, 0) is 23.1 Å². The summed E-state index contributed by atoms with van der Waals surface area (Å²) in [7, 11) is -3.44. The van der Waals surface area contributed by atoms with E-state index in [0.717, 1.165) is 16.3 Å². The highest BCUT2D eigenvalue weighted by Crippen LogP contribution is 2.22. The molecular formula is C13H18N2O2S3. The Hall–Kier alpha value is -0.730. The Morgan fingerprint density at radius 3 is 2.65 bits per heavy atom. The molecule has 20 heavy (non-hydrogen) atoms. The first-order valence-corrected chi connectivity index (χ1v) is 9.53. The van der Waals surface area contributed by atoms with Crippen molar-refractivity contribution in [2.75, 3.05) is 6.54 Å². The van der Waals surface area contributed by atoms with Crippen LogP contribution in [0, 0.1) is 6.92 Å². The predicted octanol–water partition coefficient (Wildman–Crippen LogP) is 2.71. The molecule has 0 saturated heterocycles. The van der Waals surface area contributed by atoms with Crippen LogP contribution < -0.4 is 10.0 Å². The van der Waals surface area contributed by atoms with E-state index in [0.29, 0.717) is 18.0 Å². The van der Waals surface area contributed by atoms with Crippen LogP contribution in [0.2, 0.25) is 0 Å². The molecule has 0 saturated carbocycles.